The van der Waals surface area contributed by atoms with Crippen molar-refractivity contribution in [2.24, 2.45) is 11.7 Å². The van der Waals surface area contributed by atoms with E-state index >= 15 is 0 Å². The van der Waals surface area contributed by atoms with E-state index in [2.05, 4.69) is 4.90 Å². The maximum Gasteiger partial charge on any atom is 0.227 e. The standard InChI is InChI=1S/C10H18N2O/c1-8(7-11)9(13)12-6-5-10(12)3-2-4-10/h8H,2-7,11H2,1H3. The topological polar surface area (TPSA) is 46.3 Å². The Morgan fingerprint density at radius 2 is 2.23 bits per heavy atom. The van der Waals surface area contributed by atoms with Crippen LogP contribution < -0.4 is 5.73 Å². The summed E-state index contributed by atoms with van der Waals surface area (Å²) < 4.78 is 0. The Morgan fingerprint density at radius 3 is 2.54 bits per heavy atom. The molecule has 0 bridgehead atoms. The molecular weight excluding hydrogens is 164 g/mol. The van der Waals surface area contributed by atoms with Crippen molar-refractivity contribution in [3.63, 3.8) is 0 Å². The van der Waals surface area contributed by atoms with Gasteiger partial charge in [-0.25, -0.2) is 0 Å². The van der Waals surface area contributed by atoms with Crippen molar-refractivity contribution in [3.05, 3.63) is 0 Å². The molecule has 1 saturated heterocycles. The Kier molecular flexibility index (Phi) is 2.06. The molecule has 1 atom stereocenters. The number of nitrogens with zero attached hydrogens (tertiary/aromatic N) is 1. The van der Waals surface area contributed by atoms with Gasteiger partial charge in [0.25, 0.3) is 0 Å². The van der Waals surface area contributed by atoms with Crippen LogP contribution in [0.4, 0.5) is 0 Å². The van der Waals surface area contributed by atoms with Gasteiger partial charge in [-0.2, -0.15) is 0 Å². The van der Waals surface area contributed by atoms with Crippen molar-refractivity contribution < 1.29 is 4.79 Å². The first-order chi connectivity index (χ1) is 6.19. The maximum absolute atomic E-state index is 11.8. The molecule has 1 aliphatic heterocycles. The third-order valence-corrected chi connectivity index (χ3v) is 3.70. The average molecular weight is 182 g/mol. The molecule has 1 heterocycles. The quantitative estimate of drug-likeness (QED) is 0.684. The molecule has 2 fully saturated rings. The highest BCUT2D eigenvalue weighted by atomic mass is 16.2. The smallest absolute Gasteiger partial charge is 0.227 e. The first kappa shape index (κ1) is 9.00. The Hall–Kier alpha value is -0.570. The molecule has 1 amide bonds. The SMILES string of the molecule is CC(CN)C(=O)N1CCC12CCC2. The van der Waals surface area contributed by atoms with Crippen molar-refractivity contribution in [1.82, 2.24) is 4.90 Å². The van der Waals surface area contributed by atoms with Crippen molar-refractivity contribution in [1.29, 1.82) is 0 Å². The highest BCUT2D eigenvalue weighted by Crippen LogP contribution is 2.47. The summed E-state index contributed by atoms with van der Waals surface area (Å²) in [5.74, 6) is 0.284. The van der Waals surface area contributed by atoms with Crippen LogP contribution in [0, 0.1) is 5.92 Å². The van der Waals surface area contributed by atoms with Crippen LogP contribution in [0.25, 0.3) is 0 Å². The van der Waals surface area contributed by atoms with E-state index in [1.165, 1.54) is 25.7 Å². The van der Waals surface area contributed by atoms with Gasteiger partial charge < -0.3 is 10.6 Å². The van der Waals surface area contributed by atoms with Gasteiger partial charge in [0, 0.05) is 24.5 Å². The first-order valence-corrected chi connectivity index (χ1v) is 5.21. The summed E-state index contributed by atoms with van der Waals surface area (Å²) in [5.41, 5.74) is 5.78. The van der Waals surface area contributed by atoms with Crippen LogP contribution in [0.15, 0.2) is 0 Å². The van der Waals surface area contributed by atoms with Gasteiger partial charge in [-0.15, -0.1) is 0 Å². The Bertz CT molecular complexity index is 217. The molecule has 0 aromatic rings. The Labute approximate surface area is 79.3 Å². The van der Waals surface area contributed by atoms with Crippen molar-refractivity contribution >= 4 is 5.91 Å². The molecule has 2 N–H and O–H groups in total. The molecular formula is C10H18N2O. The number of nitrogens with two attached hydrogens (primary N) is 1. The fraction of sp³-hybridized carbons (Fsp3) is 0.900. The third-order valence-electron chi connectivity index (χ3n) is 3.70. The average Bonchev–Trinajstić information content (AvgIpc) is 1.98. The fourth-order valence-electron chi connectivity index (χ4n) is 2.36. The van der Waals surface area contributed by atoms with Crippen molar-refractivity contribution in [2.75, 3.05) is 13.1 Å². The summed E-state index contributed by atoms with van der Waals surface area (Å²) >= 11 is 0. The summed E-state index contributed by atoms with van der Waals surface area (Å²) in [6, 6.07) is 0. The van der Waals surface area contributed by atoms with Crippen LogP contribution in [0.3, 0.4) is 0 Å². The van der Waals surface area contributed by atoms with Crippen LogP contribution in [-0.4, -0.2) is 29.4 Å². The molecule has 0 aromatic carbocycles. The van der Waals surface area contributed by atoms with Crippen LogP contribution in [0.2, 0.25) is 0 Å². The van der Waals surface area contributed by atoms with Crippen LogP contribution in [-0.2, 0) is 4.79 Å². The van der Waals surface area contributed by atoms with E-state index in [9.17, 15) is 4.79 Å². The highest BCUT2D eigenvalue weighted by Gasteiger charge is 2.51. The largest absolute Gasteiger partial charge is 0.337 e. The monoisotopic (exact) mass is 182 g/mol. The van der Waals surface area contributed by atoms with Crippen LogP contribution in [0.5, 0.6) is 0 Å². The molecule has 0 radical (unpaired) electrons. The Balaban J connectivity index is 1.97. The zero-order chi connectivity index (χ0) is 9.47. The van der Waals surface area contributed by atoms with E-state index in [-0.39, 0.29) is 11.8 Å². The van der Waals surface area contributed by atoms with Gasteiger partial charge in [-0.1, -0.05) is 6.92 Å². The van der Waals surface area contributed by atoms with Gasteiger partial charge in [0.05, 0.1) is 0 Å². The van der Waals surface area contributed by atoms with E-state index in [0.717, 1.165) is 6.54 Å². The molecule has 1 spiro atoms. The van der Waals surface area contributed by atoms with Crippen LogP contribution >= 0.6 is 0 Å². The Morgan fingerprint density at radius 1 is 1.54 bits per heavy atom. The second kappa shape index (κ2) is 2.98. The number of amides is 1. The van der Waals surface area contributed by atoms with Gasteiger partial charge in [0.1, 0.15) is 0 Å². The lowest BCUT2D eigenvalue weighted by Gasteiger charge is -2.59. The predicted octanol–water partition coefficient (Wildman–Crippen LogP) is 0.736. The number of rotatable bonds is 2. The summed E-state index contributed by atoms with van der Waals surface area (Å²) in [5, 5.41) is 0. The maximum atomic E-state index is 11.8. The number of hydrogen-bond donors (Lipinski definition) is 1. The number of hydrogen-bond acceptors (Lipinski definition) is 2. The fourth-order valence-corrected chi connectivity index (χ4v) is 2.36. The summed E-state index contributed by atoms with van der Waals surface area (Å²) in [6.07, 6.45) is 4.95. The third kappa shape index (κ3) is 1.17. The van der Waals surface area contributed by atoms with E-state index < -0.39 is 0 Å². The lowest BCUT2D eigenvalue weighted by Crippen LogP contribution is -2.66. The van der Waals surface area contributed by atoms with Gasteiger partial charge in [-0.05, 0) is 25.7 Å². The van der Waals surface area contributed by atoms with E-state index in [4.69, 9.17) is 5.73 Å². The van der Waals surface area contributed by atoms with Gasteiger partial charge in [0.15, 0.2) is 0 Å². The van der Waals surface area contributed by atoms with Crippen LogP contribution in [0.1, 0.15) is 32.6 Å². The minimum Gasteiger partial charge on any atom is -0.337 e. The molecule has 0 aromatic heterocycles. The lowest BCUT2D eigenvalue weighted by atomic mass is 9.67. The number of carbonyl (C=O) groups excluding carboxylic acids is 1. The normalized spacial score (nSPS) is 26.5. The van der Waals surface area contributed by atoms with Crippen molar-refractivity contribution in [3.8, 4) is 0 Å². The van der Waals surface area contributed by atoms with E-state index in [1.54, 1.807) is 0 Å². The molecule has 74 valence electrons. The summed E-state index contributed by atoms with van der Waals surface area (Å²) in [7, 11) is 0. The zero-order valence-corrected chi connectivity index (χ0v) is 8.25. The first-order valence-electron chi connectivity index (χ1n) is 5.21. The van der Waals surface area contributed by atoms with E-state index in [1.807, 2.05) is 6.92 Å². The number of likely N-dealkylation sites (tertiary alicyclic amines) is 1. The van der Waals surface area contributed by atoms with Gasteiger partial charge in [-0.3, -0.25) is 4.79 Å². The number of carbonyl (C=O) groups is 1. The predicted molar refractivity (Wildman–Crippen MR) is 51.1 cm³/mol. The molecule has 2 rings (SSSR count). The molecule has 13 heavy (non-hydrogen) atoms. The lowest BCUT2D eigenvalue weighted by molar-refractivity contribution is -0.159. The minimum atomic E-state index is 0.0118. The minimum absolute atomic E-state index is 0.0118. The summed E-state index contributed by atoms with van der Waals surface area (Å²) in [4.78, 5) is 13.9. The molecule has 3 heteroatoms. The molecule has 3 nitrogen and oxygen atoms in total. The molecule has 1 aliphatic carbocycles. The second-order valence-electron chi connectivity index (χ2n) is 4.45. The molecule has 2 aliphatic rings. The second-order valence-corrected chi connectivity index (χ2v) is 4.45. The van der Waals surface area contributed by atoms with Gasteiger partial charge in [0.2, 0.25) is 5.91 Å². The zero-order valence-electron chi connectivity index (χ0n) is 8.25. The highest BCUT2D eigenvalue weighted by molar-refractivity contribution is 5.80. The van der Waals surface area contributed by atoms with E-state index in [0.29, 0.717) is 12.1 Å². The van der Waals surface area contributed by atoms with Gasteiger partial charge >= 0.3 is 0 Å². The molecule has 1 unspecified atom stereocenters. The van der Waals surface area contributed by atoms with Crippen molar-refractivity contribution in [2.45, 2.75) is 38.1 Å². The molecule has 1 saturated carbocycles. The summed E-state index contributed by atoms with van der Waals surface area (Å²) in [6.45, 7) is 3.36.